The third kappa shape index (κ3) is 3.32. The first-order valence-corrected chi connectivity index (χ1v) is 8.96. The quantitative estimate of drug-likeness (QED) is 0.495. The number of nitrogens with one attached hydrogen (secondary N) is 1. The lowest BCUT2D eigenvalue weighted by molar-refractivity contribution is 0.0690. The molecule has 4 aromatic rings. The number of nitrogens with zero attached hydrogens (tertiary/aromatic N) is 1. The molecule has 0 aliphatic heterocycles. The van der Waals surface area contributed by atoms with Crippen LogP contribution < -0.4 is 0 Å². The largest absolute Gasteiger partial charge is 0.477 e. The number of carboxylic acids is 1. The molecule has 0 aliphatic rings. The van der Waals surface area contributed by atoms with Crippen molar-refractivity contribution in [1.82, 2.24) is 9.97 Å². The summed E-state index contributed by atoms with van der Waals surface area (Å²) in [5.41, 5.74) is 5.84. The van der Waals surface area contributed by atoms with Gasteiger partial charge < -0.3 is 10.1 Å². The molecule has 0 aliphatic carbocycles. The Morgan fingerprint density at radius 2 is 1.89 bits per heavy atom. The Kier molecular flexibility index (Phi) is 4.42. The zero-order valence-electron chi connectivity index (χ0n) is 14.7. The van der Waals surface area contributed by atoms with E-state index in [-0.39, 0.29) is 5.69 Å². The Morgan fingerprint density at radius 1 is 1.11 bits per heavy atom. The van der Waals surface area contributed by atoms with Crippen LogP contribution in [0.5, 0.6) is 0 Å². The van der Waals surface area contributed by atoms with Gasteiger partial charge in [0.2, 0.25) is 0 Å². The molecule has 4 nitrogen and oxygen atoms in total. The Bertz CT molecular complexity index is 1150. The summed E-state index contributed by atoms with van der Waals surface area (Å²) in [7, 11) is 0. The fourth-order valence-corrected chi connectivity index (χ4v) is 3.46. The van der Waals surface area contributed by atoms with Crippen LogP contribution >= 0.6 is 11.6 Å². The number of rotatable bonds is 4. The number of aromatic carboxylic acids is 1. The van der Waals surface area contributed by atoms with Crippen LogP contribution in [0.2, 0.25) is 5.02 Å². The molecule has 0 saturated carbocycles. The van der Waals surface area contributed by atoms with Gasteiger partial charge in [-0.05, 0) is 47.9 Å². The fourth-order valence-electron chi connectivity index (χ4n) is 3.29. The lowest BCUT2D eigenvalue weighted by Crippen LogP contribution is -2.03. The van der Waals surface area contributed by atoms with Gasteiger partial charge >= 0.3 is 5.97 Å². The molecule has 0 unspecified atom stereocenters. The Hall–Kier alpha value is -3.11. The second-order valence-electron chi connectivity index (χ2n) is 6.49. The molecule has 0 saturated heterocycles. The Labute approximate surface area is 161 Å². The van der Waals surface area contributed by atoms with E-state index in [0.717, 1.165) is 33.3 Å². The van der Waals surface area contributed by atoms with Crippen molar-refractivity contribution < 1.29 is 9.90 Å². The Balaban J connectivity index is 1.90. The van der Waals surface area contributed by atoms with Crippen LogP contribution in [0.1, 0.15) is 27.3 Å². The summed E-state index contributed by atoms with van der Waals surface area (Å²) in [5, 5.41) is 11.0. The normalized spacial score (nSPS) is 11.0. The second-order valence-corrected chi connectivity index (χ2v) is 6.89. The fraction of sp³-hybridized carbons (Fsp3) is 0.0909. The highest BCUT2D eigenvalue weighted by Crippen LogP contribution is 2.34. The van der Waals surface area contributed by atoms with Crippen LogP contribution in [0, 0.1) is 6.92 Å². The minimum absolute atomic E-state index is 0.0489. The van der Waals surface area contributed by atoms with Gasteiger partial charge in [0.05, 0.1) is 5.69 Å². The maximum absolute atomic E-state index is 11.3. The van der Waals surface area contributed by atoms with Crippen molar-refractivity contribution in [2.45, 2.75) is 13.3 Å². The number of carbonyl (C=O) groups is 1. The molecule has 5 heteroatoms. The van der Waals surface area contributed by atoms with Crippen LogP contribution in [-0.4, -0.2) is 21.0 Å². The minimum Gasteiger partial charge on any atom is -0.477 e. The number of aromatic nitrogens is 2. The topological polar surface area (TPSA) is 66.0 Å². The van der Waals surface area contributed by atoms with Gasteiger partial charge in [-0.3, -0.25) is 0 Å². The molecule has 0 atom stereocenters. The highest BCUT2D eigenvalue weighted by molar-refractivity contribution is 6.32. The number of halogens is 1. The first-order valence-electron chi connectivity index (χ1n) is 8.58. The molecule has 0 amide bonds. The predicted molar refractivity (Wildman–Crippen MR) is 107 cm³/mol. The minimum atomic E-state index is -1.03. The van der Waals surface area contributed by atoms with Gasteiger partial charge in [-0.15, -0.1) is 0 Å². The van der Waals surface area contributed by atoms with Crippen LogP contribution in [0.4, 0.5) is 0 Å². The van der Waals surface area contributed by atoms with Gasteiger partial charge in [-0.25, -0.2) is 9.78 Å². The SMILES string of the molecule is Cc1cc2c(Cc3cccc(C(=O)O)n3)c(-c3ccccc3)[nH]c2cc1Cl. The summed E-state index contributed by atoms with van der Waals surface area (Å²) in [6, 6.07) is 19.1. The number of pyridine rings is 1. The smallest absolute Gasteiger partial charge is 0.354 e. The van der Waals surface area contributed by atoms with Crippen LogP contribution in [0.3, 0.4) is 0 Å². The van der Waals surface area contributed by atoms with Gasteiger partial charge in [-0.1, -0.05) is 48.0 Å². The van der Waals surface area contributed by atoms with Crippen molar-refractivity contribution in [3.63, 3.8) is 0 Å². The van der Waals surface area contributed by atoms with E-state index < -0.39 is 5.97 Å². The predicted octanol–water partition coefficient (Wildman–Crippen LogP) is 5.48. The van der Waals surface area contributed by atoms with E-state index in [1.165, 1.54) is 6.07 Å². The van der Waals surface area contributed by atoms with E-state index in [0.29, 0.717) is 17.1 Å². The van der Waals surface area contributed by atoms with Gasteiger partial charge in [-0.2, -0.15) is 0 Å². The van der Waals surface area contributed by atoms with E-state index in [1.54, 1.807) is 6.07 Å². The summed E-state index contributed by atoms with van der Waals surface area (Å²) in [4.78, 5) is 19.0. The standard InChI is InChI=1S/C22H17ClN2O2/c1-13-10-16-17(11-15-8-5-9-19(24-15)22(26)27)21(14-6-3-2-4-7-14)25-20(16)12-18(13)23/h2-10,12,25H,11H2,1H3,(H,26,27). The molecule has 2 N–H and O–H groups in total. The molecule has 2 aromatic heterocycles. The van der Waals surface area contributed by atoms with Crippen molar-refractivity contribution in [3.8, 4) is 11.3 Å². The number of fused-ring (bicyclic) bond motifs is 1. The first kappa shape index (κ1) is 17.3. The highest BCUT2D eigenvalue weighted by atomic mass is 35.5. The molecule has 4 rings (SSSR count). The maximum atomic E-state index is 11.3. The summed E-state index contributed by atoms with van der Waals surface area (Å²) in [6.07, 6.45) is 0.520. The molecule has 2 aromatic carbocycles. The zero-order valence-corrected chi connectivity index (χ0v) is 15.4. The van der Waals surface area contributed by atoms with E-state index in [9.17, 15) is 9.90 Å². The van der Waals surface area contributed by atoms with Crippen molar-refractivity contribution in [1.29, 1.82) is 0 Å². The molecule has 0 fully saturated rings. The summed E-state index contributed by atoms with van der Waals surface area (Å²) in [6.45, 7) is 1.98. The average Bonchev–Trinajstić information content (AvgIpc) is 3.00. The zero-order chi connectivity index (χ0) is 19.0. The van der Waals surface area contributed by atoms with E-state index in [4.69, 9.17) is 11.6 Å². The molecule has 27 heavy (non-hydrogen) atoms. The molecular weight excluding hydrogens is 360 g/mol. The molecular formula is C22H17ClN2O2. The molecule has 2 heterocycles. The van der Waals surface area contributed by atoms with Crippen molar-refractivity contribution >= 4 is 28.5 Å². The molecule has 0 radical (unpaired) electrons. The van der Waals surface area contributed by atoms with Gasteiger partial charge in [0.1, 0.15) is 5.69 Å². The van der Waals surface area contributed by atoms with Crippen molar-refractivity contribution in [2.75, 3.05) is 0 Å². The van der Waals surface area contributed by atoms with Gasteiger partial charge in [0.15, 0.2) is 0 Å². The number of aryl methyl sites for hydroxylation is 1. The average molecular weight is 377 g/mol. The summed E-state index contributed by atoms with van der Waals surface area (Å²) >= 11 is 6.31. The van der Waals surface area contributed by atoms with Crippen LogP contribution in [0.15, 0.2) is 60.7 Å². The molecule has 0 bridgehead atoms. The van der Waals surface area contributed by atoms with Gasteiger partial charge in [0.25, 0.3) is 0 Å². The number of aromatic amines is 1. The monoisotopic (exact) mass is 376 g/mol. The number of hydrogen-bond donors (Lipinski definition) is 2. The number of benzene rings is 2. The third-order valence-electron chi connectivity index (χ3n) is 4.63. The van der Waals surface area contributed by atoms with Crippen LogP contribution in [-0.2, 0) is 6.42 Å². The Morgan fingerprint density at radius 3 is 2.63 bits per heavy atom. The van der Waals surface area contributed by atoms with E-state index >= 15 is 0 Å². The third-order valence-corrected chi connectivity index (χ3v) is 5.04. The lowest BCUT2D eigenvalue weighted by Gasteiger charge is -2.07. The van der Waals surface area contributed by atoms with Crippen molar-refractivity contribution in [2.24, 2.45) is 0 Å². The first-order chi connectivity index (χ1) is 13.0. The van der Waals surface area contributed by atoms with Gasteiger partial charge in [0, 0.05) is 28.0 Å². The second kappa shape index (κ2) is 6.89. The highest BCUT2D eigenvalue weighted by Gasteiger charge is 2.16. The van der Waals surface area contributed by atoms with E-state index in [2.05, 4.69) is 16.0 Å². The van der Waals surface area contributed by atoms with Crippen molar-refractivity contribution in [3.05, 3.63) is 88.2 Å². The van der Waals surface area contributed by atoms with Crippen LogP contribution in [0.25, 0.3) is 22.2 Å². The number of carboxylic acid groups (broad SMARTS) is 1. The molecule has 134 valence electrons. The number of hydrogen-bond acceptors (Lipinski definition) is 2. The molecule has 0 spiro atoms. The van der Waals surface area contributed by atoms with E-state index in [1.807, 2.05) is 49.4 Å². The summed E-state index contributed by atoms with van der Waals surface area (Å²) < 4.78 is 0. The lowest BCUT2D eigenvalue weighted by atomic mass is 10.00. The maximum Gasteiger partial charge on any atom is 0.354 e. The number of H-pyrrole nitrogens is 1. The summed E-state index contributed by atoms with van der Waals surface area (Å²) in [5.74, 6) is -1.03.